The molecule has 1 heterocycles. The van der Waals surface area contributed by atoms with Gasteiger partial charge < -0.3 is 14.8 Å². The van der Waals surface area contributed by atoms with E-state index in [1.54, 1.807) is 12.1 Å². The maximum atomic E-state index is 12.2. The summed E-state index contributed by atoms with van der Waals surface area (Å²) in [5.74, 6) is 0.294. The molecule has 118 valence electrons. The van der Waals surface area contributed by atoms with E-state index in [-0.39, 0.29) is 11.9 Å². The number of rotatable bonds is 6. The minimum Gasteiger partial charge on any atom is -0.406 e. The largest absolute Gasteiger partial charge is 0.573 e. The van der Waals surface area contributed by atoms with Gasteiger partial charge in [0.25, 0.3) is 0 Å². The van der Waals surface area contributed by atoms with Crippen molar-refractivity contribution in [2.24, 2.45) is 5.92 Å². The second kappa shape index (κ2) is 7.13. The van der Waals surface area contributed by atoms with E-state index in [2.05, 4.69) is 17.0 Å². The standard InChI is InChI=1S/C15H20F3NO2/c1-2-14-12(6-7-20-14)10-19-9-11-4-3-5-13(8-11)21-15(16,17)18/h3-5,8,12,14,19H,2,6-7,9-10H2,1H3. The Morgan fingerprint density at radius 1 is 1.38 bits per heavy atom. The van der Waals surface area contributed by atoms with E-state index in [0.29, 0.717) is 12.5 Å². The number of benzene rings is 1. The van der Waals surface area contributed by atoms with Crippen LogP contribution in [0.2, 0.25) is 0 Å². The highest BCUT2D eigenvalue weighted by Crippen LogP contribution is 2.24. The fraction of sp³-hybridized carbons (Fsp3) is 0.600. The number of alkyl halides is 3. The van der Waals surface area contributed by atoms with Crippen LogP contribution in [0.4, 0.5) is 13.2 Å². The van der Waals surface area contributed by atoms with Gasteiger partial charge in [-0.25, -0.2) is 0 Å². The second-order valence-corrected chi connectivity index (χ2v) is 5.19. The molecule has 0 bridgehead atoms. The molecule has 0 amide bonds. The van der Waals surface area contributed by atoms with Crippen LogP contribution in [0.5, 0.6) is 5.75 Å². The molecular formula is C15H20F3NO2. The molecule has 0 aliphatic carbocycles. The van der Waals surface area contributed by atoms with Crippen molar-refractivity contribution in [3.8, 4) is 5.75 Å². The predicted molar refractivity (Wildman–Crippen MR) is 73.0 cm³/mol. The molecule has 1 aliphatic rings. The topological polar surface area (TPSA) is 30.5 Å². The van der Waals surface area contributed by atoms with Crippen LogP contribution in [-0.4, -0.2) is 25.6 Å². The fourth-order valence-corrected chi connectivity index (χ4v) is 2.63. The van der Waals surface area contributed by atoms with E-state index in [0.717, 1.165) is 31.6 Å². The van der Waals surface area contributed by atoms with Gasteiger partial charge in [0.2, 0.25) is 0 Å². The zero-order valence-corrected chi connectivity index (χ0v) is 12.0. The van der Waals surface area contributed by atoms with E-state index >= 15 is 0 Å². The summed E-state index contributed by atoms with van der Waals surface area (Å²) in [5, 5.41) is 3.28. The molecule has 2 atom stereocenters. The summed E-state index contributed by atoms with van der Waals surface area (Å²) in [6, 6.07) is 6.04. The lowest BCUT2D eigenvalue weighted by molar-refractivity contribution is -0.274. The van der Waals surface area contributed by atoms with E-state index in [1.165, 1.54) is 12.1 Å². The maximum absolute atomic E-state index is 12.2. The second-order valence-electron chi connectivity index (χ2n) is 5.19. The summed E-state index contributed by atoms with van der Waals surface area (Å²) in [6.45, 7) is 4.21. The zero-order chi connectivity index (χ0) is 15.3. The number of hydrogen-bond acceptors (Lipinski definition) is 3. The maximum Gasteiger partial charge on any atom is 0.573 e. The van der Waals surface area contributed by atoms with Gasteiger partial charge in [-0.05, 0) is 36.5 Å². The van der Waals surface area contributed by atoms with Crippen molar-refractivity contribution in [1.82, 2.24) is 5.32 Å². The van der Waals surface area contributed by atoms with Crippen molar-refractivity contribution >= 4 is 0 Å². The lowest BCUT2D eigenvalue weighted by Gasteiger charge is -2.17. The summed E-state index contributed by atoms with van der Waals surface area (Å²) in [7, 11) is 0. The van der Waals surface area contributed by atoms with Crippen LogP contribution in [0.25, 0.3) is 0 Å². The van der Waals surface area contributed by atoms with Crippen molar-refractivity contribution < 1.29 is 22.6 Å². The molecule has 21 heavy (non-hydrogen) atoms. The van der Waals surface area contributed by atoms with E-state index in [1.807, 2.05) is 0 Å². The van der Waals surface area contributed by atoms with Gasteiger partial charge in [-0.1, -0.05) is 19.1 Å². The van der Waals surface area contributed by atoms with E-state index in [4.69, 9.17) is 4.74 Å². The molecule has 2 rings (SSSR count). The van der Waals surface area contributed by atoms with Gasteiger partial charge >= 0.3 is 6.36 Å². The monoisotopic (exact) mass is 303 g/mol. The number of halogens is 3. The molecule has 0 aromatic heterocycles. The third kappa shape index (κ3) is 5.21. The Kier molecular flexibility index (Phi) is 5.47. The normalized spacial score (nSPS) is 22.5. The summed E-state index contributed by atoms with van der Waals surface area (Å²) in [6.07, 6.45) is -2.34. The van der Waals surface area contributed by atoms with Crippen LogP contribution < -0.4 is 10.1 Å². The molecule has 0 radical (unpaired) electrons. The molecule has 3 nitrogen and oxygen atoms in total. The Balaban J connectivity index is 1.82. The van der Waals surface area contributed by atoms with Crippen LogP contribution in [0.3, 0.4) is 0 Å². The first kappa shape index (κ1) is 16.1. The molecule has 1 aliphatic heterocycles. The summed E-state index contributed by atoms with van der Waals surface area (Å²) < 4.78 is 46.0. The van der Waals surface area contributed by atoms with Crippen LogP contribution in [0, 0.1) is 5.92 Å². The molecule has 1 aromatic carbocycles. The highest BCUT2D eigenvalue weighted by atomic mass is 19.4. The minimum absolute atomic E-state index is 0.183. The highest BCUT2D eigenvalue weighted by Gasteiger charge is 2.31. The van der Waals surface area contributed by atoms with Crippen molar-refractivity contribution in [2.45, 2.75) is 38.8 Å². The van der Waals surface area contributed by atoms with Gasteiger partial charge in [0.15, 0.2) is 0 Å². The van der Waals surface area contributed by atoms with E-state index in [9.17, 15) is 13.2 Å². The van der Waals surface area contributed by atoms with Gasteiger partial charge in [-0.15, -0.1) is 13.2 Å². The van der Waals surface area contributed by atoms with Crippen molar-refractivity contribution in [3.05, 3.63) is 29.8 Å². The van der Waals surface area contributed by atoms with Crippen molar-refractivity contribution in [2.75, 3.05) is 13.2 Å². The SMILES string of the molecule is CCC1OCCC1CNCc1cccc(OC(F)(F)F)c1. The number of hydrogen-bond donors (Lipinski definition) is 1. The minimum atomic E-state index is -4.65. The molecular weight excluding hydrogens is 283 g/mol. The predicted octanol–water partition coefficient (Wildman–Crippen LogP) is 3.49. The summed E-state index contributed by atoms with van der Waals surface area (Å²) in [4.78, 5) is 0. The van der Waals surface area contributed by atoms with Gasteiger partial charge in [0.05, 0.1) is 6.10 Å². The average molecular weight is 303 g/mol. The van der Waals surface area contributed by atoms with E-state index < -0.39 is 6.36 Å². The lowest BCUT2D eigenvalue weighted by Crippen LogP contribution is -2.28. The first-order valence-electron chi connectivity index (χ1n) is 7.15. The van der Waals surface area contributed by atoms with Crippen LogP contribution in [-0.2, 0) is 11.3 Å². The smallest absolute Gasteiger partial charge is 0.406 e. The van der Waals surface area contributed by atoms with Gasteiger partial charge in [0, 0.05) is 19.7 Å². The fourth-order valence-electron chi connectivity index (χ4n) is 2.63. The first-order valence-corrected chi connectivity index (χ1v) is 7.15. The van der Waals surface area contributed by atoms with Crippen molar-refractivity contribution in [1.29, 1.82) is 0 Å². The molecule has 0 saturated carbocycles. The third-order valence-corrected chi connectivity index (χ3v) is 3.62. The van der Waals surface area contributed by atoms with Gasteiger partial charge in [-0.3, -0.25) is 0 Å². The molecule has 1 N–H and O–H groups in total. The first-order chi connectivity index (χ1) is 9.98. The molecule has 0 spiro atoms. The Hall–Kier alpha value is -1.27. The van der Waals surface area contributed by atoms with Crippen LogP contribution in [0.1, 0.15) is 25.3 Å². The summed E-state index contributed by atoms with van der Waals surface area (Å²) >= 11 is 0. The molecule has 1 fully saturated rings. The number of ether oxygens (including phenoxy) is 2. The lowest BCUT2D eigenvalue weighted by atomic mass is 9.99. The Morgan fingerprint density at radius 2 is 2.19 bits per heavy atom. The van der Waals surface area contributed by atoms with Crippen LogP contribution >= 0.6 is 0 Å². The van der Waals surface area contributed by atoms with Crippen molar-refractivity contribution in [3.63, 3.8) is 0 Å². The van der Waals surface area contributed by atoms with Gasteiger partial charge in [-0.2, -0.15) is 0 Å². The molecule has 1 aromatic rings. The number of nitrogens with one attached hydrogen (secondary N) is 1. The molecule has 1 saturated heterocycles. The third-order valence-electron chi connectivity index (χ3n) is 3.62. The van der Waals surface area contributed by atoms with Gasteiger partial charge in [0.1, 0.15) is 5.75 Å². The zero-order valence-electron chi connectivity index (χ0n) is 12.0. The Labute approximate surface area is 122 Å². The highest BCUT2D eigenvalue weighted by molar-refractivity contribution is 5.28. The average Bonchev–Trinajstić information content (AvgIpc) is 2.85. The van der Waals surface area contributed by atoms with Crippen LogP contribution in [0.15, 0.2) is 24.3 Å². The quantitative estimate of drug-likeness (QED) is 0.872. The Morgan fingerprint density at radius 3 is 2.90 bits per heavy atom. The Bertz CT molecular complexity index is 451. The summed E-state index contributed by atoms with van der Waals surface area (Å²) in [5.41, 5.74) is 0.767. The molecule has 2 unspecified atom stereocenters. The molecule has 6 heteroatoms.